The summed E-state index contributed by atoms with van der Waals surface area (Å²) < 4.78 is 0. The van der Waals surface area contributed by atoms with Crippen LogP contribution in [0.1, 0.15) is 26.3 Å². The first-order chi connectivity index (χ1) is 6.74. The molecule has 0 saturated heterocycles. The summed E-state index contributed by atoms with van der Waals surface area (Å²) >= 11 is 0. The van der Waals surface area contributed by atoms with Crippen molar-refractivity contribution in [3.63, 3.8) is 0 Å². The fraction of sp³-hybridized carbons (Fsp3) is 0.100. The van der Waals surface area contributed by atoms with Crippen LogP contribution in [0.5, 0.6) is 0 Å². The number of imide groups is 1. The molecule has 4 nitrogen and oxygen atoms in total. The number of carbonyl (C=O) groups excluding carboxylic acids is 2. The average molecular weight is 186 g/mol. The van der Waals surface area contributed by atoms with E-state index in [9.17, 15) is 9.59 Å². The zero-order valence-corrected chi connectivity index (χ0v) is 7.20. The zero-order valence-electron chi connectivity index (χ0n) is 7.20. The van der Waals surface area contributed by atoms with Crippen LogP contribution >= 0.6 is 0 Å². The molecule has 0 aromatic heterocycles. The van der Waals surface area contributed by atoms with Crippen molar-refractivity contribution in [1.82, 2.24) is 5.32 Å². The molecule has 2 amide bonds. The number of nitrogens with one attached hydrogen (secondary N) is 1. The van der Waals surface area contributed by atoms with E-state index >= 15 is 0 Å². The summed E-state index contributed by atoms with van der Waals surface area (Å²) in [7, 11) is 0. The zero-order chi connectivity index (χ0) is 10.1. The molecule has 0 spiro atoms. The molecule has 0 aliphatic carbocycles. The van der Waals surface area contributed by atoms with E-state index in [0.29, 0.717) is 16.7 Å². The summed E-state index contributed by atoms with van der Waals surface area (Å²) in [6, 6.07) is 6.89. The number of benzene rings is 1. The summed E-state index contributed by atoms with van der Waals surface area (Å²) in [5.41, 5.74) is 1.31. The van der Waals surface area contributed by atoms with Crippen LogP contribution in [-0.4, -0.2) is 11.8 Å². The minimum Gasteiger partial charge on any atom is -0.288 e. The molecular weight excluding hydrogens is 180 g/mol. The molecule has 0 radical (unpaired) electrons. The molecule has 0 bridgehead atoms. The molecule has 1 aromatic rings. The van der Waals surface area contributed by atoms with Gasteiger partial charge in [0, 0.05) is 0 Å². The molecule has 14 heavy (non-hydrogen) atoms. The van der Waals surface area contributed by atoms with Gasteiger partial charge in [-0.1, -0.05) is 12.1 Å². The lowest BCUT2D eigenvalue weighted by Crippen LogP contribution is -2.20. The van der Waals surface area contributed by atoms with Gasteiger partial charge in [0.2, 0.25) is 0 Å². The third kappa shape index (κ3) is 1.07. The molecule has 0 saturated carbocycles. The molecule has 1 aliphatic heterocycles. The van der Waals surface area contributed by atoms with E-state index in [1.54, 1.807) is 18.2 Å². The smallest absolute Gasteiger partial charge is 0.259 e. The molecule has 0 atom stereocenters. The monoisotopic (exact) mass is 186 g/mol. The number of hydrogen-bond donors (Lipinski definition) is 1. The van der Waals surface area contributed by atoms with Gasteiger partial charge in [0.1, 0.15) is 0 Å². The van der Waals surface area contributed by atoms with E-state index in [-0.39, 0.29) is 12.3 Å². The lowest BCUT2D eigenvalue weighted by Gasteiger charge is -1.99. The van der Waals surface area contributed by atoms with Crippen LogP contribution in [0.3, 0.4) is 0 Å². The third-order valence-corrected chi connectivity index (χ3v) is 2.12. The molecule has 1 aromatic carbocycles. The van der Waals surface area contributed by atoms with Gasteiger partial charge in [0.15, 0.2) is 0 Å². The van der Waals surface area contributed by atoms with Gasteiger partial charge < -0.3 is 0 Å². The number of nitriles is 1. The molecule has 4 heteroatoms. The Bertz CT molecular complexity index is 472. The van der Waals surface area contributed by atoms with Gasteiger partial charge in [-0.05, 0) is 11.6 Å². The van der Waals surface area contributed by atoms with Crippen molar-refractivity contribution in [1.29, 1.82) is 5.26 Å². The van der Waals surface area contributed by atoms with Crippen LogP contribution < -0.4 is 5.32 Å². The summed E-state index contributed by atoms with van der Waals surface area (Å²) in [5, 5.41) is 10.7. The van der Waals surface area contributed by atoms with Crippen LogP contribution in [0.4, 0.5) is 0 Å². The maximum Gasteiger partial charge on any atom is 0.259 e. The van der Waals surface area contributed by atoms with Crippen LogP contribution in [0, 0.1) is 11.3 Å². The van der Waals surface area contributed by atoms with Crippen molar-refractivity contribution in [3.8, 4) is 6.07 Å². The Kier molecular flexibility index (Phi) is 1.79. The number of carbonyl (C=O) groups is 2. The topological polar surface area (TPSA) is 70.0 Å². The molecule has 1 heterocycles. The van der Waals surface area contributed by atoms with E-state index in [2.05, 4.69) is 5.32 Å². The number of fused-ring (bicyclic) bond motifs is 1. The van der Waals surface area contributed by atoms with Crippen molar-refractivity contribution in [3.05, 3.63) is 34.9 Å². The predicted molar refractivity (Wildman–Crippen MR) is 47.6 cm³/mol. The van der Waals surface area contributed by atoms with Gasteiger partial charge in [-0.25, -0.2) is 0 Å². The first-order valence-corrected chi connectivity index (χ1v) is 4.08. The SMILES string of the molecule is N#CCc1cccc2c1C(=O)NC2=O. The van der Waals surface area contributed by atoms with Crippen molar-refractivity contribution in [2.75, 3.05) is 0 Å². The number of rotatable bonds is 1. The van der Waals surface area contributed by atoms with Crippen molar-refractivity contribution >= 4 is 11.8 Å². The summed E-state index contributed by atoms with van der Waals surface area (Å²) in [5.74, 6) is -0.791. The Hall–Kier alpha value is -2.15. The van der Waals surface area contributed by atoms with Crippen LogP contribution in [-0.2, 0) is 6.42 Å². The fourth-order valence-corrected chi connectivity index (χ4v) is 1.52. The first-order valence-electron chi connectivity index (χ1n) is 4.08. The van der Waals surface area contributed by atoms with Crippen molar-refractivity contribution < 1.29 is 9.59 Å². The molecule has 68 valence electrons. The molecule has 1 aliphatic rings. The van der Waals surface area contributed by atoms with Crippen molar-refractivity contribution in [2.45, 2.75) is 6.42 Å². The number of nitrogens with zero attached hydrogens (tertiary/aromatic N) is 1. The largest absolute Gasteiger partial charge is 0.288 e. The Morgan fingerprint density at radius 3 is 2.79 bits per heavy atom. The highest BCUT2D eigenvalue weighted by molar-refractivity contribution is 6.22. The Morgan fingerprint density at radius 2 is 2.07 bits per heavy atom. The van der Waals surface area contributed by atoms with Gasteiger partial charge in [0.05, 0.1) is 23.6 Å². The molecule has 0 fully saturated rings. The second kappa shape index (κ2) is 2.96. The van der Waals surface area contributed by atoms with E-state index < -0.39 is 5.91 Å². The van der Waals surface area contributed by atoms with Gasteiger partial charge in [-0.3, -0.25) is 14.9 Å². The van der Waals surface area contributed by atoms with E-state index in [1.165, 1.54) is 0 Å². The van der Waals surface area contributed by atoms with E-state index in [0.717, 1.165) is 0 Å². The second-order valence-electron chi connectivity index (χ2n) is 2.96. The van der Waals surface area contributed by atoms with Crippen molar-refractivity contribution in [2.24, 2.45) is 0 Å². The predicted octanol–water partition coefficient (Wildman–Crippen LogP) is 0.636. The van der Waals surface area contributed by atoms with Crippen LogP contribution in [0.2, 0.25) is 0 Å². The highest BCUT2D eigenvalue weighted by Crippen LogP contribution is 2.19. The Morgan fingerprint density at radius 1 is 1.29 bits per heavy atom. The minimum absolute atomic E-state index is 0.143. The number of amides is 2. The van der Waals surface area contributed by atoms with Gasteiger partial charge in [-0.15, -0.1) is 0 Å². The lowest BCUT2D eigenvalue weighted by molar-refractivity contribution is 0.0879. The minimum atomic E-state index is -0.407. The standard InChI is InChI=1S/C10H6N2O2/c11-5-4-6-2-1-3-7-8(6)10(14)12-9(7)13/h1-3H,4H2,(H,12,13,14). The Labute approximate surface area is 80.2 Å². The molecule has 2 rings (SSSR count). The normalized spacial score (nSPS) is 13.4. The van der Waals surface area contributed by atoms with Gasteiger partial charge in [-0.2, -0.15) is 5.26 Å². The quantitative estimate of drug-likeness (QED) is 0.654. The first kappa shape index (κ1) is 8.45. The highest BCUT2D eigenvalue weighted by Gasteiger charge is 2.28. The third-order valence-electron chi connectivity index (χ3n) is 2.12. The molecular formula is C10H6N2O2. The highest BCUT2D eigenvalue weighted by atomic mass is 16.2. The summed E-state index contributed by atoms with van der Waals surface area (Å²) in [6.07, 6.45) is 0.143. The van der Waals surface area contributed by atoms with Gasteiger partial charge in [0.25, 0.3) is 11.8 Å². The van der Waals surface area contributed by atoms with Crippen LogP contribution in [0.15, 0.2) is 18.2 Å². The fourth-order valence-electron chi connectivity index (χ4n) is 1.52. The average Bonchev–Trinajstić information content (AvgIpc) is 2.44. The summed E-state index contributed by atoms with van der Waals surface area (Å²) in [4.78, 5) is 22.5. The maximum absolute atomic E-state index is 11.3. The van der Waals surface area contributed by atoms with E-state index in [1.807, 2.05) is 6.07 Å². The van der Waals surface area contributed by atoms with E-state index in [4.69, 9.17) is 5.26 Å². The number of hydrogen-bond acceptors (Lipinski definition) is 3. The Balaban J connectivity index is 2.63. The molecule has 0 unspecified atom stereocenters. The lowest BCUT2D eigenvalue weighted by atomic mass is 10.0. The maximum atomic E-state index is 11.3. The second-order valence-corrected chi connectivity index (χ2v) is 2.96. The summed E-state index contributed by atoms with van der Waals surface area (Å²) in [6.45, 7) is 0. The molecule has 1 N–H and O–H groups in total. The van der Waals surface area contributed by atoms with Gasteiger partial charge >= 0.3 is 0 Å². The van der Waals surface area contributed by atoms with Crippen LogP contribution in [0.25, 0.3) is 0 Å².